The van der Waals surface area contributed by atoms with Crippen LogP contribution in [0.5, 0.6) is 5.75 Å². The smallest absolute Gasteiger partial charge is 0.273 e. The van der Waals surface area contributed by atoms with E-state index in [1.54, 1.807) is 10.3 Å². The van der Waals surface area contributed by atoms with Crippen molar-refractivity contribution in [1.82, 2.24) is 9.88 Å². The molecular formula is C18H19N3O3S. The fourth-order valence-electron chi connectivity index (χ4n) is 3.18. The lowest BCUT2D eigenvalue weighted by Gasteiger charge is -2.28. The number of hydrogen-bond acceptors (Lipinski definition) is 5. The molecule has 1 aromatic heterocycles. The van der Waals surface area contributed by atoms with E-state index < -0.39 is 0 Å². The zero-order valence-electron chi connectivity index (χ0n) is 14.0. The van der Waals surface area contributed by atoms with E-state index in [4.69, 9.17) is 4.74 Å². The molecule has 0 saturated carbocycles. The van der Waals surface area contributed by atoms with Gasteiger partial charge in [0.05, 0.1) is 12.2 Å². The van der Waals surface area contributed by atoms with Crippen LogP contribution in [0.25, 0.3) is 0 Å². The van der Waals surface area contributed by atoms with Crippen LogP contribution in [0.1, 0.15) is 33.9 Å². The van der Waals surface area contributed by atoms with Crippen molar-refractivity contribution >= 4 is 28.8 Å². The van der Waals surface area contributed by atoms with Gasteiger partial charge >= 0.3 is 0 Å². The molecule has 1 saturated heterocycles. The number of rotatable bonds is 3. The van der Waals surface area contributed by atoms with Gasteiger partial charge in [0.1, 0.15) is 16.5 Å². The second kappa shape index (κ2) is 6.48. The number of hydrogen-bond donors (Lipinski definition) is 0. The standard InChI is InChI=1S/C18H19N3O3S/c1-12-4-5-14-15(8-12)24-10-17(22)21(14)9-16-19-13(11-25-16)18(23)20-6-2-3-7-20/h4-5,8,11H,2-3,6-7,9-10H2,1H3. The molecule has 1 aromatic carbocycles. The van der Waals surface area contributed by atoms with Crippen LogP contribution < -0.4 is 9.64 Å². The van der Waals surface area contributed by atoms with E-state index in [2.05, 4.69) is 4.98 Å². The van der Waals surface area contributed by atoms with Crippen LogP contribution in [0.2, 0.25) is 0 Å². The van der Waals surface area contributed by atoms with E-state index >= 15 is 0 Å². The number of thiazole rings is 1. The lowest BCUT2D eigenvalue weighted by molar-refractivity contribution is -0.121. The summed E-state index contributed by atoms with van der Waals surface area (Å²) in [5, 5.41) is 2.54. The van der Waals surface area contributed by atoms with Gasteiger partial charge in [-0.2, -0.15) is 0 Å². The first kappa shape index (κ1) is 16.1. The Bertz CT molecular complexity index is 827. The molecule has 6 nitrogen and oxygen atoms in total. The molecule has 4 rings (SSSR count). The van der Waals surface area contributed by atoms with E-state index in [9.17, 15) is 9.59 Å². The van der Waals surface area contributed by atoms with Gasteiger partial charge in [0.25, 0.3) is 11.8 Å². The second-order valence-corrected chi connectivity index (χ2v) is 7.31. The van der Waals surface area contributed by atoms with Crippen molar-refractivity contribution in [2.45, 2.75) is 26.3 Å². The van der Waals surface area contributed by atoms with E-state index in [1.165, 1.54) is 11.3 Å². The second-order valence-electron chi connectivity index (χ2n) is 6.37. The van der Waals surface area contributed by atoms with Crippen LogP contribution in [0.4, 0.5) is 5.69 Å². The van der Waals surface area contributed by atoms with Crippen LogP contribution in [-0.2, 0) is 11.3 Å². The molecule has 0 bridgehead atoms. The summed E-state index contributed by atoms with van der Waals surface area (Å²) in [5.41, 5.74) is 2.32. The molecule has 7 heteroatoms. The maximum Gasteiger partial charge on any atom is 0.273 e. The van der Waals surface area contributed by atoms with Crippen LogP contribution >= 0.6 is 11.3 Å². The highest BCUT2D eigenvalue weighted by Gasteiger charge is 2.27. The number of aryl methyl sites for hydroxylation is 1. The van der Waals surface area contributed by atoms with Crippen LogP contribution in [0, 0.1) is 6.92 Å². The van der Waals surface area contributed by atoms with Crippen molar-refractivity contribution in [3.05, 3.63) is 39.8 Å². The summed E-state index contributed by atoms with van der Waals surface area (Å²) in [5.74, 6) is 0.604. The summed E-state index contributed by atoms with van der Waals surface area (Å²) in [6.07, 6.45) is 2.11. The van der Waals surface area contributed by atoms with Gasteiger partial charge in [0.15, 0.2) is 6.61 Å². The van der Waals surface area contributed by atoms with Crippen molar-refractivity contribution in [2.24, 2.45) is 0 Å². The van der Waals surface area contributed by atoms with Gasteiger partial charge in [0.2, 0.25) is 0 Å². The molecule has 0 atom stereocenters. The zero-order valence-corrected chi connectivity index (χ0v) is 14.8. The van der Waals surface area contributed by atoms with Gasteiger partial charge in [-0.3, -0.25) is 14.5 Å². The van der Waals surface area contributed by atoms with E-state index in [-0.39, 0.29) is 18.4 Å². The predicted octanol–water partition coefficient (Wildman–Crippen LogP) is 2.61. The molecule has 0 spiro atoms. The highest BCUT2D eigenvalue weighted by molar-refractivity contribution is 7.09. The van der Waals surface area contributed by atoms with Gasteiger partial charge in [-0.25, -0.2) is 4.98 Å². The molecule has 0 aliphatic carbocycles. The third kappa shape index (κ3) is 3.11. The molecule has 0 radical (unpaired) electrons. The Kier molecular flexibility index (Phi) is 4.17. The minimum atomic E-state index is -0.0982. The number of fused-ring (bicyclic) bond motifs is 1. The van der Waals surface area contributed by atoms with Gasteiger partial charge in [-0.15, -0.1) is 11.3 Å². The van der Waals surface area contributed by atoms with Crippen LogP contribution in [0.15, 0.2) is 23.6 Å². The highest BCUT2D eigenvalue weighted by atomic mass is 32.1. The fourth-order valence-corrected chi connectivity index (χ4v) is 3.94. The van der Waals surface area contributed by atoms with E-state index in [0.717, 1.165) is 42.2 Å². The van der Waals surface area contributed by atoms with Crippen LogP contribution in [0.3, 0.4) is 0 Å². The Balaban J connectivity index is 1.54. The minimum absolute atomic E-state index is 0.00988. The summed E-state index contributed by atoms with van der Waals surface area (Å²) >= 11 is 1.42. The highest BCUT2D eigenvalue weighted by Crippen LogP contribution is 2.34. The number of carbonyl (C=O) groups is 2. The predicted molar refractivity (Wildman–Crippen MR) is 95.1 cm³/mol. The maximum atomic E-state index is 12.4. The third-order valence-electron chi connectivity index (χ3n) is 4.52. The lowest BCUT2D eigenvalue weighted by Crippen LogP contribution is -2.38. The molecule has 0 unspecified atom stereocenters. The molecule has 25 heavy (non-hydrogen) atoms. The molecule has 1 fully saturated rings. The fraction of sp³-hybridized carbons (Fsp3) is 0.389. The SMILES string of the molecule is Cc1ccc2c(c1)OCC(=O)N2Cc1nc(C(=O)N2CCCC2)cs1. The van der Waals surface area contributed by atoms with E-state index in [1.807, 2.05) is 30.0 Å². The number of benzene rings is 1. The molecule has 2 amide bonds. The quantitative estimate of drug-likeness (QED) is 0.847. The molecule has 2 aliphatic heterocycles. The van der Waals surface area contributed by atoms with Gasteiger partial charge in [0, 0.05) is 18.5 Å². The number of aromatic nitrogens is 1. The molecule has 130 valence electrons. The summed E-state index contributed by atoms with van der Waals surface area (Å²) in [7, 11) is 0. The van der Waals surface area contributed by atoms with Gasteiger partial charge in [-0.1, -0.05) is 6.07 Å². The Labute approximate surface area is 150 Å². The zero-order chi connectivity index (χ0) is 17.4. The Morgan fingerprint density at radius 1 is 1.32 bits per heavy atom. The number of carbonyl (C=O) groups excluding carboxylic acids is 2. The normalized spacial score (nSPS) is 16.8. The van der Waals surface area contributed by atoms with Crippen LogP contribution in [-0.4, -0.2) is 41.4 Å². The van der Waals surface area contributed by atoms with Crippen molar-refractivity contribution in [3.8, 4) is 5.75 Å². The Hall–Kier alpha value is -2.41. The first-order valence-corrected chi connectivity index (χ1v) is 9.27. The Morgan fingerprint density at radius 3 is 2.92 bits per heavy atom. The lowest BCUT2D eigenvalue weighted by atomic mass is 10.1. The molecule has 3 heterocycles. The topological polar surface area (TPSA) is 62.7 Å². The average Bonchev–Trinajstić information content (AvgIpc) is 3.28. The number of likely N-dealkylation sites (tertiary alicyclic amines) is 1. The van der Waals surface area contributed by atoms with Crippen molar-refractivity contribution in [1.29, 1.82) is 0 Å². The maximum absolute atomic E-state index is 12.4. The molecule has 2 aliphatic rings. The summed E-state index contributed by atoms with van der Waals surface area (Å²) in [4.78, 5) is 32.7. The number of amides is 2. The van der Waals surface area contributed by atoms with Crippen molar-refractivity contribution < 1.29 is 14.3 Å². The Morgan fingerprint density at radius 2 is 2.12 bits per heavy atom. The molecule has 2 aromatic rings. The van der Waals surface area contributed by atoms with E-state index in [0.29, 0.717) is 18.0 Å². The average molecular weight is 357 g/mol. The monoisotopic (exact) mass is 357 g/mol. The molecular weight excluding hydrogens is 338 g/mol. The minimum Gasteiger partial charge on any atom is -0.482 e. The first-order valence-electron chi connectivity index (χ1n) is 8.39. The van der Waals surface area contributed by atoms with Gasteiger partial charge in [-0.05, 0) is 37.5 Å². The number of ether oxygens (including phenoxy) is 1. The van der Waals surface area contributed by atoms with Crippen molar-refractivity contribution in [3.63, 3.8) is 0 Å². The number of anilines is 1. The number of nitrogens with zero attached hydrogens (tertiary/aromatic N) is 3. The summed E-state index contributed by atoms with van der Waals surface area (Å²) < 4.78 is 5.53. The largest absolute Gasteiger partial charge is 0.482 e. The third-order valence-corrected chi connectivity index (χ3v) is 5.35. The first-order chi connectivity index (χ1) is 12.1. The summed E-state index contributed by atoms with van der Waals surface area (Å²) in [6.45, 7) is 3.99. The molecule has 0 N–H and O–H groups in total. The summed E-state index contributed by atoms with van der Waals surface area (Å²) in [6, 6.07) is 5.78. The van der Waals surface area contributed by atoms with Gasteiger partial charge < -0.3 is 9.64 Å². The van der Waals surface area contributed by atoms with Crippen molar-refractivity contribution in [2.75, 3.05) is 24.6 Å².